The van der Waals surface area contributed by atoms with Crippen molar-refractivity contribution in [3.05, 3.63) is 35.4 Å². The summed E-state index contributed by atoms with van der Waals surface area (Å²) >= 11 is 0. The van der Waals surface area contributed by atoms with Gasteiger partial charge in [0.1, 0.15) is 6.04 Å². The van der Waals surface area contributed by atoms with Crippen LogP contribution in [0.3, 0.4) is 0 Å². The van der Waals surface area contributed by atoms with E-state index in [1.807, 2.05) is 6.92 Å². The third kappa shape index (κ3) is 3.59. The second-order valence-corrected chi connectivity index (χ2v) is 6.95. The van der Waals surface area contributed by atoms with Gasteiger partial charge in [0.2, 0.25) is 0 Å². The van der Waals surface area contributed by atoms with E-state index in [2.05, 4.69) is 0 Å². The molecular formula is C20H24N2O5. The number of rotatable bonds is 5. The van der Waals surface area contributed by atoms with E-state index in [1.54, 1.807) is 29.2 Å². The summed E-state index contributed by atoms with van der Waals surface area (Å²) in [6.45, 7) is 3.77. The second kappa shape index (κ2) is 7.90. The Kier molecular flexibility index (Phi) is 5.58. The fourth-order valence-corrected chi connectivity index (χ4v) is 3.75. The highest BCUT2D eigenvalue weighted by atomic mass is 16.5. The molecule has 2 aliphatic rings. The van der Waals surface area contributed by atoms with E-state index in [4.69, 9.17) is 4.74 Å². The smallest absolute Gasteiger partial charge is 0.329 e. The summed E-state index contributed by atoms with van der Waals surface area (Å²) in [5, 5.41) is 0. The Bertz CT molecular complexity index is 740. The predicted octanol–water partition coefficient (Wildman–Crippen LogP) is 2.01. The fourth-order valence-electron chi connectivity index (χ4n) is 3.75. The number of esters is 1. The number of hydrogen-bond donors (Lipinski definition) is 0. The zero-order chi connectivity index (χ0) is 19.6. The van der Waals surface area contributed by atoms with Crippen LogP contribution in [0.1, 0.15) is 60.2 Å². The maximum absolute atomic E-state index is 12.4. The highest BCUT2D eigenvalue weighted by molar-refractivity contribution is 6.22. The fraction of sp³-hybridized carbons (Fsp3) is 0.500. The van der Waals surface area contributed by atoms with Gasteiger partial charge in [0, 0.05) is 12.6 Å². The van der Waals surface area contributed by atoms with Gasteiger partial charge in [-0.2, -0.15) is 0 Å². The monoisotopic (exact) mass is 372 g/mol. The molecule has 0 saturated carbocycles. The van der Waals surface area contributed by atoms with Crippen LogP contribution in [0, 0.1) is 0 Å². The van der Waals surface area contributed by atoms with Crippen molar-refractivity contribution in [1.82, 2.24) is 9.80 Å². The SMILES string of the molecule is CC[C@@H]1CCCCN1C(=O)COC(=O)[C@@H](C)N1C(=O)c2ccccc2C1=O. The molecule has 2 heterocycles. The number of piperidine rings is 1. The Morgan fingerprint density at radius 1 is 1.15 bits per heavy atom. The first-order chi connectivity index (χ1) is 13.0. The van der Waals surface area contributed by atoms with Crippen molar-refractivity contribution in [2.24, 2.45) is 0 Å². The van der Waals surface area contributed by atoms with Crippen molar-refractivity contribution in [1.29, 1.82) is 0 Å². The van der Waals surface area contributed by atoms with Crippen molar-refractivity contribution in [3.8, 4) is 0 Å². The highest BCUT2D eigenvalue weighted by Crippen LogP contribution is 2.25. The molecule has 1 saturated heterocycles. The molecule has 1 fully saturated rings. The normalized spacial score (nSPS) is 20.4. The minimum atomic E-state index is -1.09. The first-order valence-corrected chi connectivity index (χ1v) is 9.38. The molecule has 7 nitrogen and oxygen atoms in total. The number of amides is 3. The molecule has 2 atom stereocenters. The van der Waals surface area contributed by atoms with Gasteiger partial charge in [-0.05, 0) is 44.7 Å². The van der Waals surface area contributed by atoms with Crippen LogP contribution in [0.4, 0.5) is 0 Å². The number of benzene rings is 1. The topological polar surface area (TPSA) is 84.0 Å². The Morgan fingerprint density at radius 2 is 1.78 bits per heavy atom. The lowest BCUT2D eigenvalue weighted by atomic mass is 10.00. The van der Waals surface area contributed by atoms with Gasteiger partial charge in [0.15, 0.2) is 6.61 Å². The summed E-state index contributed by atoms with van der Waals surface area (Å²) in [5.74, 6) is -2.03. The number of imide groups is 1. The lowest BCUT2D eigenvalue weighted by Crippen LogP contribution is -2.47. The van der Waals surface area contributed by atoms with Gasteiger partial charge in [-0.1, -0.05) is 19.1 Å². The molecule has 0 aliphatic carbocycles. The van der Waals surface area contributed by atoms with Gasteiger partial charge >= 0.3 is 5.97 Å². The number of nitrogens with zero attached hydrogens (tertiary/aromatic N) is 2. The maximum atomic E-state index is 12.4. The molecule has 0 unspecified atom stereocenters. The lowest BCUT2D eigenvalue weighted by molar-refractivity contribution is -0.156. The van der Waals surface area contributed by atoms with Crippen LogP contribution in [0.2, 0.25) is 0 Å². The molecule has 1 aromatic rings. The average molecular weight is 372 g/mol. The molecule has 0 aromatic heterocycles. The molecule has 0 N–H and O–H groups in total. The van der Waals surface area contributed by atoms with Crippen LogP contribution >= 0.6 is 0 Å². The molecule has 3 rings (SSSR count). The maximum Gasteiger partial charge on any atom is 0.329 e. The van der Waals surface area contributed by atoms with E-state index < -0.39 is 23.8 Å². The molecule has 0 radical (unpaired) electrons. The number of fused-ring (bicyclic) bond motifs is 1. The van der Waals surface area contributed by atoms with Crippen LogP contribution in [0.5, 0.6) is 0 Å². The van der Waals surface area contributed by atoms with Crippen LogP contribution in [-0.2, 0) is 14.3 Å². The Balaban J connectivity index is 1.61. The molecule has 2 aliphatic heterocycles. The molecule has 7 heteroatoms. The largest absolute Gasteiger partial charge is 0.454 e. The number of carbonyl (C=O) groups is 4. The first-order valence-electron chi connectivity index (χ1n) is 9.38. The van der Waals surface area contributed by atoms with Gasteiger partial charge in [-0.15, -0.1) is 0 Å². The highest BCUT2D eigenvalue weighted by Gasteiger charge is 2.41. The van der Waals surface area contributed by atoms with E-state index in [0.717, 1.165) is 30.6 Å². The van der Waals surface area contributed by atoms with Crippen LogP contribution < -0.4 is 0 Å². The van der Waals surface area contributed by atoms with Crippen molar-refractivity contribution < 1.29 is 23.9 Å². The number of hydrogen-bond acceptors (Lipinski definition) is 5. The molecule has 27 heavy (non-hydrogen) atoms. The standard InChI is InChI=1S/C20H24N2O5/c1-3-14-8-6-7-11-21(14)17(23)12-27-20(26)13(2)22-18(24)15-9-4-5-10-16(15)19(22)25/h4-5,9-10,13-14H,3,6-8,11-12H2,1-2H3/t13-,14-/m1/s1. The van der Waals surface area contributed by atoms with Gasteiger partial charge in [0.05, 0.1) is 11.1 Å². The molecule has 0 bridgehead atoms. The third-order valence-corrected chi connectivity index (χ3v) is 5.31. The van der Waals surface area contributed by atoms with E-state index in [0.29, 0.717) is 6.54 Å². The zero-order valence-corrected chi connectivity index (χ0v) is 15.6. The van der Waals surface area contributed by atoms with Crippen molar-refractivity contribution >= 4 is 23.7 Å². The van der Waals surface area contributed by atoms with Gasteiger partial charge < -0.3 is 9.64 Å². The summed E-state index contributed by atoms with van der Waals surface area (Å²) in [4.78, 5) is 52.3. The van der Waals surface area contributed by atoms with Gasteiger partial charge in [-0.25, -0.2) is 4.79 Å². The molecule has 144 valence electrons. The molecule has 0 spiro atoms. The first kappa shape index (κ1) is 19.1. The zero-order valence-electron chi connectivity index (χ0n) is 15.6. The van der Waals surface area contributed by atoms with E-state index >= 15 is 0 Å². The molecular weight excluding hydrogens is 348 g/mol. The van der Waals surface area contributed by atoms with Crippen LogP contribution in [0.25, 0.3) is 0 Å². The number of ether oxygens (including phenoxy) is 1. The lowest BCUT2D eigenvalue weighted by Gasteiger charge is -2.35. The van der Waals surface area contributed by atoms with Gasteiger partial charge in [0.25, 0.3) is 17.7 Å². The third-order valence-electron chi connectivity index (χ3n) is 5.31. The summed E-state index contributed by atoms with van der Waals surface area (Å²) < 4.78 is 5.14. The summed E-state index contributed by atoms with van der Waals surface area (Å²) in [5.41, 5.74) is 0.551. The van der Waals surface area contributed by atoms with Crippen LogP contribution in [0.15, 0.2) is 24.3 Å². The second-order valence-electron chi connectivity index (χ2n) is 6.95. The van der Waals surface area contributed by atoms with Crippen molar-refractivity contribution in [2.45, 2.75) is 51.6 Å². The van der Waals surface area contributed by atoms with E-state index in [1.165, 1.54) is 6.92 Å². The Labute approximate surface area is 158 Å². The summed E-state index contributed by atoms with van der Waals surface area (Å²) in [6.07, 6.45) is 3.87. The number of carbonyl (C=O) groups excluding carboxylic acids is 4. The van der Waals surface area contributed by atoms with E-state index in [9.17, 15) is 19.2 Å². The Morgan fingerprint density at radius 3 is 2.37 bits per heavy atom. The summed E-state index contributed by atoms with van der Waals surface area (Å²) in [6, 6.07) is 5.53. The van der Waals surface area contributed by atoms with Crippen molar-refractivity contribution in [2.75, 3.05) is 13.2 Å². The molecule has 1 aromatic carbocycles. The molecule has 3 amide bonds. The average Bonchev–Trinajstić information content (AvgIpc) is 2.96. The quantitative estimate of drug-likeness (QED) is 0.583. The van der Waals surface area contributed by atoms with Gasteiger partial charge in [-0.3, -0.25) is 19.3 Å². The van der Waals surface area contributed by atoms with Crippen LogP contribution in [-0.4, -0.2) is 58.7 Å². The number of likely N-dealkylation sites (tertiary alicyclic amines) is 1. The minimum Gasteiger partial charge on any atom is -0.454 e. The summed E-state index contributed by atoms with van der Waals surface area (Å²) in [7, 11) is 0. The van der Waals surface area contributed by atoms with Crippen molar-refractivity contribution in [3.63, 3.8) is 0 Å². The van der Waals surface area contributed by atoms with E-state index in [-0.39, 0.29) is 29.7 Å². The predicted molar refractivity (Wildman–Crippen MR) is 97.0 cm³/mol. The Hall–Kier alpha value is -2.70. The minimum absolute atomic E-state index is 0.179.